The summed E-state index contributed by atoms with van der Waals surface area (Å²) in [5.74, 6) is 1.10. The minimum absolute atomic E-state index is 0.344. The number of allylic oxidation sites excluding steroid dienone is 6. The summed E-state index contributed by atoms with van der Waals surface area (Å²) in [7, 11) is 1.61. The van der Waals surface area contributed by atoms with Gasteiger partial charge in [-0.3, -0.25) is 14.9 Å². The number of ether oxygens (including phenoxy) is 3. The Morgan fingerprint density at radius 3 is 2.64 bits per heavy atom. The van der Waals surface area contributed by atoms with Gasteiger partial charge in [-0.15, -0.1) is 0 Å². The van der Waals surface area contributed by atoms with Crippen LogP contribution < -0.4 is 14.4 Å². The van der Waals surface area contributed by atoms with E-state index in [0.29, 0.717) is 36.0 Å². The fraction of sp³-hybridized carbons (Fsp3) is 0.429. The summed E-state index contributed by atoms with van der Waals surface area (Å²) >= 11 is 0. The van der Waals surface area contributed by atoms with Crippen LogP contribution >= 0.6 is 0 Å². The monoisotopic (exact) mass is 599 g/mol. The van der Waals surface area contributed by atoms with Crippen LogP contribution in [0.2, 0.25) is 0 Å². The maximum atomic E-state index is 13.0. The van der Waals surface area contributed by atoms with Gasteiger partial charge in [-0.25, -0.2) is 9.48 Å². The highest BCUT2D eigenvalue weighted by Gasteiger charge is 2.30. The number of benzene rings is 1. The Balaban J connectivity index is 1.88. The molecule has 0 bridgehead atoms. The van der Waals surface area contributed by atoms with E-state index in [1.165, 1.54) is 0 Å². The normalized spacial score (nSPS) is 14.4. The molecule has 234 valence electrons. The fourth-order valence-corrected chi connectivity index (χ4v) is 4.98. The second-order valence-electron chi connectivity index (χ2n) is 11.7. The number of unbranched alkanes of at least 4 members (excludes halogenated alkanes) is 1. The van der Waals surface area contributed by atoms with Crippen LogP contribution in [0.15, 0.2) is 59.4 Å². The number of carbonyl (C=O) groups is 1. The van der Waals surface area contributed by atoms with Crippen LogP contribution in [-0.2, 0) is 4.74 Å². The van der Waals surface area contributed by atoms with Crippen molar-refractivity contribution in [2.45, 2.75) is 79.8 Å². The van der Waals surface area contributed by atoms with Gasteiger partial charge in [0, 0.05) is 41.2 Å². The second-order valence-corrected chi connectivity index (χ2v) is 11.7. The molecule has 0 atom stereocenters. The Labute approximate surface area is 260 Å². The van der Waals surface area contributed by atoms with Crippen LogP contribution in [0.4, 0.5) is 10.5 Å². The van der Waals surface area contributed by atoms with Crippen molar-refractivity contribution in [1.29, 1.82) is 0 Å². The molecular weight excluding hydrogens is 554 g/mol. The van der Waals surface area contributed by atoms with Gasteiger partial charge in [0.15, 0.2) is 0 Å². The largest absolute Gasteiger partial charge is 0.494 e. The molecule has 0 saturated heterocycles. The van der Waals surface area contributed by atoms with E-state index in [2.05, 4.69) is 32.1 Å². The number of methoxy groups -OCH3 is 1. The first-order valence-corrected chi connectivity index (χ1v) is 15.4. The standard InChI is InChI=1S/C35H45N5O4/c1-9-12-14-16-25(27(15-11-3)36-17-13-10-2)28-20-29-26(23-37-28)24(4)38-40(29)31-22-33-30(21-32(31)42-8)39(18-19-43-33)34(41)44-35(5,6)7/h10,13-14,16-17,20-23H,9,11-12,15,18-19H2,1-8H3/b13-10-,16-14+,27-25-,36-17+. The molecule has 3 heterocycles. The summed E-state index contributed by atoms with van der Waals surface area (Å²) in [6.07, 6.45) is 15.3. The number of anilines is 1. The van der Waals surface area contributed by atoms with Crippen LogP contribution in [0.3, 0.4) is 0 Å². The molecular formula is C35H45N5O4. The highest BCUT2D eigenvalue weighted by molar-refractivity contribution is 5.92. The summed E-state index contributed by atoms with van der Waals surface area (Å²) in [4.78, 5) is 24.3. The van der Waals surface area contributed by atoms with E-state index in [-0.39, 0.29) is 0 Å². The molecule has 0 N–H and O–H groups in total. The summed E-state index contributed by atoms with van der Waals surface area (Å²) in [6.45, 7) is 14.5. The Kier molecular flexibility index (Phi) is 10.6. The van der Waals surface area contributed by atoms with Gasteiger partial charge in [0.25, 0.3) is 0 Å². The van der Waals surface area contributed by atoms with Crippen LogP contribution in [0.1, 0.15) is 78.6 Å². The zero-order valence-electron chi connectivity index (χ0n) is 27.3. The topological polar surface area (TPSA) is 91.1 Å². The summed E-state index contributed by atoms with van der Waals surface area (Å²) in [5.41, 5.74) is 5.16. The lowest BCUT2D eigenvalue weighted by Crippen LogP contribution is -2.41. The molecule has 44 heavy (non-hydrogen) atoms. The van der Waals surface area contributed by atoms with Crippen molar-refractivity contribution < 1.29 is 19.0 Å². The maximum absolute atomic E-state index is 13.0. The highest BCUT2D eigenvalue weighted by atomic mass is 16.6. The number of aryl methyl sites for hydroxylation is 1. The molecule has 0 fully saturated rings. The minimum atomic E-state index is -0.620. The van der Waals surface area contributed by atoms with Gasteiger partial charge in [-0.05, 0) is 59.6 Å². The first-order valence-electron chi connectivity index (χ1n) is 15.4. The van der Waals surface area contributed by atoms with E-state index in [0.717, 1.165) is 59.2 Å². The maximum Gasteiger partial charge on any atom is 0.415 e. The van der Waals surface area contributed by atoms with E-state index >= 15 is 0 Å². The van der Waals surface area contributed by atoms with Crippen LogP contribution in [0, 0.1) is 6.92 Å². The fourth-order valence-electron chi connectivity index (χ4n) is 4.98. The van der Waals surface area contributed by atoms with E-state index in [1.54, 1.807) is 12.0 Å². The summed E-state index contributed by atoms with van der Waals surface area (Å²) in [5, 5.41) is 5.83. The number of aromatic nitrogens is 3. The van der Waals surface area contributed by atoms with E-state index < -0.39 is 11.7 Å². The van der Waals surface area contributed by atoms with Crippen molar-refractivity contribution >= 4 is 34.5 Å². The van der Waals surface area contributed by atoms with Crippen LogP contribution in [0.5, 0.6) is 11.5 Å². The van der Waals surface area contributed by atoms with Crippen LogP contribution in [0.25, 0.3) is 22.2 Å². The lowest BCUT2D eigenvalue weighted by atomic mass is 10.0. The lowest BCUT2D eigenvalue weighted by Gasteiger charge is -2.32. The molecule has 1 amide bonds. The zero-order chi connectivity index (χ0) is 31.9. The third-order valence-corrected chi connectivity index (χ3v) is 7.04. The number of aliphatic imine (C=N–C) groups is 1. The first kappa shape index (κ1) is 32.5. The van der Waals surface area contributed by atoms with Crippen LogP contribution in [-0.4, -0.2) is 52.9 Å². The number of nitrogens with zero attached hydrogens (tertiary/aromatic N) is 5. The molecule has 3 aromatic rings. The molecule has 1 aliphatic rings. The number of amides is 1. The van der Waals surface area contributed by atoms with Crippen molar-refractivity contribution in [2.24, 2.45) is 4.99 Å². The van der Waals surface area contributed by atoms with Crippen molar-refractivity contribution in [3.63, 3.8) is 0 Å². The summed E-state index contributed by atoms with van der Waals surface area (Å²) < 4.78 is 19.4. The van der Waals surface area contributed by atoms with E-state index in [1.807, 2.05) is 76.0 Å². The van der Waals surface area contributed by atoms with E-state index in [4.69, 9.17) is 29.3 Å². The SMILES string of the molecule is C\C=C/C=N/C(CCC)=C(/C=C/CCC)c1cc2c(cn1)c(C)nn2-c1cc2c(cc1OC)N(C(=O)OC(C)(C)C)CCO2. The van der Waals surface area contributed by atoms with E-state index in [9.17, 15) is 4.79 Å². The van der Waals surface area contributed by atoms with Crippen molar-refractivity contribution in [3.8, 4) is 17.2 Å². The number of pyridine rings is 1. The highest BCUT2D eigenvalue weighted by Crippen LogP contribution is 2.41. The Morgan fingerprint density at radius 2 is 1.95 bits per heavy atom. The molecule has 9 heteroatoms. The number of hydrogen-bond donors (Lipinski definition) is 0. The van der Waals surface area contributed by atoms with Gasteiger partial charge in [-0.1, -0.05) is 44.9 Å². The molecule has 4 rings (SSSR count). The van der Waals surface area contributed by atoms with Gasteiger partial charge < -0.3 is 14.2 Å². The average molecular weight is 600 g/mol. The molecule has 1 aliphatic heterocycles. The molecule has 0 unspecified atom stereocenters. The van der Waals surface area contributed by atoms with Crippen molar-refractivity contribution in [2.75, 3.05) is 25.2 Å². The van der Waals surface area contributed by atoms with Crippen molar-refractivity contribution in [1.82, 2.24) is 14.8 Å². The second kappa shape index (κ2) is 14.4. The van der Waals surface area contributed by atoms with Gasteiger partial charge in [-0.2, -0.15) is 5.10 Å². The number of carbonyl (C=O) groups excluding carboxylic acids is 1. The molecule has 0 aliphatic carbocycles. The number of fused-ring (bicyclic) bond motifs is 2. The van der Waals surface area contributed by atoms with Gasteiger partial charge in [0.1, 0.15) is 29.4 Å². The third kappa shape index (κ3) is 7.38. The van der Waals surface area contributed by atoms with Gasteiger partial charge >= 0.3 is 6.09 Å². The third-order valence-electron chi connectivity index (χ3n) is 7.04. The molecule has 0 spiro atoms. The average Bonchev–Trinajstić information content (AvgIpc) is 3.32. The minimum Gasteiger partial charge on any atom is -0.494 e. The molecule has 9 nitrogen and oxygen atoms in total. The number of rotatable bonds is 10. The molecule has 0 saturated carbocycles. The van der Waals surface area contributed by atoms with Crippen molar-refractivity contribution in [3.05, 3.63) is 65.8 Å². The lowest BCUT2D eigenvalue weighted by molar-refractivity contribution is 0.0567. The quantitative estimate of drug-likeness (QED) is 0.172. The predicted molar refractivity (Wildman–Crippen MR) is 178 cm³/mol. The first-order chi connectivity index (χ1) is 21.1. The number of hydrogen-bond acceptors (Lipinski definition) is 7. The zero-order valence-corrected chi connectivity index (χ0v) is 27.3. The molecule has 1 aromatic carbocycles. The summed E-state index contributed by atoms with van der Waals surface area (Å²) in [6, 6.07) is 5.75. The Bertz CT molecular complexity index is 1610. The Hall–Kier alpha value is -4.40. The predicted octanol–water partition coefficient (Wildman–Crippen LogP) is 8.39. The Morgan fingerprint density at radius 1 is 1.16 bits per heavy atom. The van der Waals surface area contributed by atoms with Gasteiger partial charge in [0.05, 0.1) is 36.2 Å². The smallest absolute Gasteiger partial charge is 0.415 e. The molecule has 0 radical (unpaired) electrons. The van der Waals surface area contributed by atoms with Gasteiger partial charge in [0.2, 0.25) is 0 Å². The molecule has 2 aromatic heterocycles.